The van der Waals surface area contributed by atoms with Gasteiger partial charge in [0.15, 0.2) is 17.5 Å². The molecule has 0 bridgehead atoms. The fraction of sp³-hybridized carbons (Fsp3) is 0.182. The molecule has 0 saturated carbocycles. The molecule has 2 aromatic heterocycles. The van der Waals surface area contributed by atoms with E-state index in [1.54, 1.807) is 18.3 Å². The van der Waals surface area contributed by atoms with Crippen LogP contribution in [0.25, 0.3) is 45.4 Å². The Morgan fingerprint density at radius 3 is 1.83 bits per heavy atom. The zero-order valence-electron chi connectivity index (χ0n) is 23.4. The minimum Gasteiger partial charge on any atom is -0.399 e. The Kier molecular flexibility index (Phi) is 6.70. The van der Waals surface area contributed by atoms with Crippen molar-refractivity contribution in [2.45, 2.75) is 38.9 Å². The third kappa shape index (κ3) is 5.25. The van der Waals surface area contributed by atoms with Crippen LogP contribution in [0, 0.1) is 11.3 Å². The highest BCUT2D eigenvalue weighted by atomic mass is 16.7. The van der Waals surface area contributed by atoms with Crippen molar-refractivity contribution in [2.75, 3.05) is 0 Å². The van der Waals surface area contributed by atoms with Gasteiger partial charge < -0.3 is 9.31 Å². The first-order valence-corrected chi connectivity index (χ1v) is 13.5. The maximum atomic E-state index is 9.38. The molecule has 1 aliphatic heterocycles. The average Bonchev–Trinajstić information content (AvgIpc) is 3.23. The van der Waals surface area contributed by atoms with E-state index in [0.29, 0.717) is 23.0 Å². The van der Waals surface area contributed by atoms with E-state index in [1.807, 2.05) is 78.9 Å². The highest BCUT2D eigenvalue weighted by Crippen LogP contribution is 2.36. The summed E-state index contributed by atoms with van der Waals surface area (Å²) in [7, 11) is -0.407. The number of nitriles is 1. The Labute approximate surface area is 240 Å². The first-order valence-electron chi connectivity index (χ1n) is 13.5. The summed E-state index contributed by atoms with van der Waals surface area (Å²) < 4.78 is 12.4. The van der Waals surface area contributed by atoms with Gasteiger partial charge in [-0.3, -0.25) is 4.98 Å². The quantitative estimate of drug-likeness (QED) is 0.250. The van der Waals surface area contributed by atoms with Crippen LogP contribution in [0.4, 0.5) is 0 Å². The highest BCUT2D eigenvalue weighted by Gasteiger charge is 2.51. The number of hydrogen-bond acceptors (Lipinski definition) is 7. The molecule has 3 heterocycles. The monoisotopic (exact) mass is 537 g/mol. The second-order valence-electron chi connectivity index (χ2n) is 11.0. The third-order valence-corrected chi connectivity index (χ3v) is 7.67. The van der Waals surface area contributed by atoms with Gasteiger partial charge in [0.05, 0.1) is 28.5 Å². The standard InChI is InChI=1S/C33H28BN5O2/c1-32(2)33(3,4)41-34(40-32)27-16-13-23(14-17-27)28-18-15-26(21-36-28)31-38-29(24-10-6-5-7-11-24)37-30(39-31)25-12-8-9-22(19-25)20-35/h5-19,21H,1-4H3. The Bertz CT molecular complexity index is 1730. The van der Waals surface area contributed by atoms with Gasteiger partial charge in [0.1, 0.15) is 0 Å². The van der Waals surface area contributed by atoms with Crippen LogP contribution in [0.5, 0.6) is 0 Å². The number of hydrogen-bond donors (Lipinski definition) is 0. The molecule has 0 unspecified atom stereocenters. The smallest absolute Gasteiger partial charge is 0.399 e. The lowest BCUT2D eigenvalue weighted by molar-refractivity contribution is 0.00578. The van der Waals surface area contributed by atoms with Crippen LogP contribution >= 0.6 is 0 Å². The van der Waals surface area contributed by atoms with Gasteiger partial charge in [-0.05, 0) is 57.4 Å². The highest BCUT2D eigenvalue weighted by molar-refractivity contribution is 6.62. The van der Waals surface area contributed by atoms with Crippen molar-refractivity contribution >= 4 is 12.6 Å². The fourth-order valence-electron chi connectivity index (χ4n) is 4.57. The van der Waals surface area contributed by atoms with Gasteiger partial charge in [-0.15, -0.1) is 0 Å². The Morgan fingerprint density at radius 1 is 0.634 bits per heavy atom. The van der Waals surface area contributed by atoms with E-state index in [0.717, 1.165) is 33.4 Å². The lowest BCUT2D eigenvalue weighted by Gasteiger charge is -2.32. The molecule has 200 valence electrons. The first kappa shape index (κ1) is 26.5. The van der Waals surface area contributed by atoms with Crippen molar-refractivity contribution in [3.63, 3.8) is 0 Å². The van der Waals surface area contributed by atoms with Crippen LogP contribution in [0.3, 0.4) is 0 Å². The molecule has 6 rings (SSSR count). The molecule has 0 amide bonds. The summed E-state index contributed by atoms with van der Waals surface area (Å²) in [6.45, 7) is 8.20. The summed E-state index contributed by atoms with van der Waals surface area (Å²) in [4.78, 5) is 19.0. The second kappa shape index (κ2) is 10.4. The minimum absolute atomic E-state index is 0.387. The topological polar surface area (TPSA) is 93.8 Å². The predicted octanol–water partition coefficient (Wildman–Crippen LogP) is 6.11. The van der Waals surface area contributed by atoms with Gasteiger partial charge in [-0.1, -0.05) is 66.7 Å². The number of aromatic nitrogens is 4. The summed E-state index contributed by atoms with van der Waals surface area (Å²) in [6.07, 6.45) is 1.77. The van der Waals surface area contributed by atoms with E-state index in [9.17, 15) is 5.26 Å². The molecule has 1 fully saturated rings. The summed E-state index contributed by atoms with van der Waals surface area (Å²) in [6, 6.07) is 31.2. The van der Waals surface area contributed by atoms with Crippen molar-refractivity contribution in [2.24, 2.45) is 0 Å². The first-order chi connectivity index (χ1) is 19.7. The lowest BCUT2D eigenvalue weighted by atomic mass is 9.79. The normalized spacial score (nSPS) is 15.4. The molecule has 1 aliphatic rings. The van der Waals surface area contributed by atoms with Crippen LogP contribution in [0.1, 0.15) is 33.3 Å². The maximum Gasteiger partial charge on any atom is 0.494 e. The number of nitrogens with zero attached hydrogens (tertiary/aromatic N) is 5. The summed E-state index contributed by atoms with van der Waals surface area (Å²) >= 11 is 0. The van der Waals surface area contributed by atoms with Crippen molar-refractivity contribution in [1.29, 1.82) is 5.26 Å². The SMILES string of the molecule is CC1(C)OB(c2ccc(-c3ccc(-c4nc(-c5ccccc5)nc(-c5cccc(C#N)c5)n4)cn3)cc2)OC1(C)C. The third-order valence-electron chi connectivity index (χ3n) is 7.67. The van der Waals surface area contributed by atoms with Crippen LogP contribution in [0.2, 0.25) is 0 Å². The average molecular weight is 537 g/mol. The van der Waals surface area contributed by atoms with Crippen LogP contribution in [0.15, 0.2) is 97.2 Å². The number of pyridine rings is 1. The molecule has 1 saturated heterocycles. The Morgan fingerprint density at radius 2 is 1.22 bits per heavy atom. The maximum absolute atomic E-state index is 9.38. The Hall–Kier alpha value is -4.71. The van der Waals surface area contributed by atoms with Crippen LogP contribution < -0.4 is 5.46 Å². The summed E-state index contributed by atoms with van der Waals surface area (Å²) in [5.74, 6) is 1.55. The van der Waals surface area contributed by atoms with Gasteiger partial charge in [-0.25, -0.2) is 15.0 Å². The lowest BCUT2D eigenvalue weighted by Crippen LogP contribution is -2.41. The molecular formula is C33H28BN5O2. The Balaban J connectivity index is 1.31. The van der Waals surface area contributed by atoms with E-state index >= 15 is 0 Å². The number of rotatable bonds is 5. The summed E-state index contributed by atoms with van der Waals surface area (Å²) in [5, 5.41) is 9.38. The van der Waals surface area contributed by atoms with Crippen LogP contribution in [-0.2, 0) is 9.31 Å². The minimum atomic E-state index is -0.407. The van der Waals surface area contributed by atoms with E-state index in [4.69, 9.17) is 29.2 Å². The van der Waals surface area contributed by atoms with E-state index in [2.05, 4.69) is 33.8 Å². The van der Waals surface area contributed by atoms with Crippen molar-refractivity contribution in [3.05, 3.63) is 103 Å². The van der Waals surface area contributed by atoms with E-state index < -0.39 is 7.12 Å². The van der Waals surface area contributed by atoms with Gasteiger partial charge in [-0.2, -0.15) is 5.26 Å². The molecule has 0 spiro atoms. The fourth-order valence-corrected chi connectivity index (χ4v) is 4.57. The number of benzene rings is 3. The van der Waals surface area contributed by atoms with Crippen molar-refractivity contribution in [3.8, 4) is 51.5 Å². The molecule has 41 heavy (non-hydrogen) atoms. The van der Waals surface area contributed by atoms with E-state index in [-0.39, 0.29) is 11.2 Å². The van der Waals surface area contributed by atoms with Crippen molar-refractivity contribution in [1.82, 2.24) is 19.9 Å². The molecule has 5 aromatic rings. The van der Waals surface area contributed by atoms with Gasteiger partial charge >= 0.3 is 7.12 Å². The molecule has 0 radical (unpaired) electrons. The molecular weight excluding hydrogens is 509 g/mol. The van der Waals surface area contributed by atoms with E-state index in [1.165, 1.54) is 0 Å². The molecule has 3 aromatic carbocycles. The molecule has 7 nitrogen and oxygen atoms in total. The second-order valence-corrected chi connectivity index (χ2v) is 11.0. The largest absolute Gasteiger partial charge is 0.494 e. The molecule has 0 N–H and O–H groups in total. The van der Waals surface area contributed by atoms with Gasteiger partial charge in [0.2, 0.25) is 0 Å². The zero-order valence-corrected chi connectivity index (χ0v) is 23.4. The zero-order chi connectivity index (χ0) is 28.6. The van der Waals surface area contributed by atoms with Gasteiger partial charge in [0, 0.05) is 28.5 Å². The van der Waals surface area contributed by atoms with Gasteiger partial charge in [0.25, 0.3) is 0 Å². The molecule has 0 aliphatic carbocycles. The summed E-state index contributed by atoms with van der Waals surface area (Å²) in [5.41, 5.74) is 4.93. The van der Waals surface area contributed by atoms with Crippen LogP contribution in [-0.4, -0.2) is 38.3 Å². The molecule has 8 heteroatoms. The predicted molar refractivity (Wildman–Crippen MR) is 160 cm³/mol. The van der Waals surface area contributed by atoms with Crippen molar-refractivity contribution < 1.29 is 9.31 Å². The molecule has 0 atom stereocenters.